The molecule has 0 atom stereocenters. The highest BCUT2D eigenvalue weighted by atomic mass is 32.2. The molecule has 0 saturated heterocycles. The largest absolute Gasteiger partial charge is 0.495 e. The van der Waals surface area contributed by atoms with E-state index in [9.17, 15) is 22.8 Å². The van der Waals surface area contributed by atoms with Crippen LogP contribution in [0.25, 0.3) is 0 Å². The smallest absolute Gasteiger partial charge is 0.338 e. The standard InChI is InChI=1S/C24H20N2O8S/c1-32-21-8-3-2-7-18(21)26-35(30,31)17-6-4-5-16(11-17)24(29)34-13-20(27)15-9-10-22-19(12-15)25-23(28)14-33-22/h2-12,26H,13-14H2,1H3,(H,25,28). The van der Waals surface area contributed by atoms with Crippen molar-refractivity contribution >= 4 is 39.1 Å². The van der Waals surface area contributed by atoms with Crippen molar-refractivity contribution in [2.24, 2.45) is 0 Å². The van der Waals surface area contributed by atoms with Crippen LogP contribution in [-0.4, -0.2) is 46.4 Å². The summed E-state index contributed by atoms with van der Waals surface area (Å²) in [5.74, 6) is -0.968. The maximum atomic E-state index is 12.8. The van der Waals surface area contributed by atoms with Gasteiger partial charge in [0.25, 0.3) is 15.9 Å². The number of carbonyl (C=O) groups excluding carboxylic acids is 3. The van der Waals surface area contributed by atoms with Crippen LogP contribution in [0.3, 0.4) is 0 Å². The summed E-state index contributed by atoms with van der Waals surface area (Å²) in [6.45, 7) is -0.691. The van der Waals surface area contributed by atoms with Crippen molar-refractivity contribution in [3.05, 3.63) is 77.9 Å². The lowest BCUT2D eigenvalue weighted by Crippen LogP contribution is -2.25. The molecule has 10 nitrogen and oxygen atoms in total. The molecule has 35 heavy (non-hydrogen) atoms. The van der Waals surface area contributed by atoms with E-state index in [0.717, 1.165) is 6.07 Å². The highest BCUT2D eigenvalue weighted by Crippen LogP contribution is 2.29. The fourth-order valence-electron chi connectivity index (χ4n) is 3.28. The minimum absolute atomic E-state index is 0.0493. The molecule has 0 fully saturated rings. The second-order valence-electron chi connectivity index (χ2n) is 7.38. The van der Waals surface area contributed by atoms with E-state index in [4.69, 9.17) is 14.2 Å². The van der Waals surface area contributed by atoms with Gasteiger partial charge in [0.2, 0.25) is 0 Å². The van der Waals surface area contributed by atoms with Crippen LogP contribution < -0.4 is 19.5 Å². The number of benzene rings is 3. The minimum Gasteiger partial charge on any atom is -0.495 e. The molecule has 1 heterocycles. The van der Waals surface area contributed by atoms with Crippen LogP contribution in [0.4, 0.5) is 11.4 Å². The summed E-state index contributed by atoms with van der Waals surface area (Å²) in [5.41, 5.74) is 0.741. The number of anilines is 2. The Hall–Kier alpha value is -4.38. The van der Waals surface area contributed by atoms with Crippen LogP contribution in [0, 0.1) is 0 Å². The van der Waals surface area contributed by atoms with Crippen molar-refractivity contribution in [1.29, 1.82) is 0 Å². The van der Waals surface area contributed by atoms with Gasteiger partial charge in [0, 0.05) is 5.56 Å². The molecular formula is C24H20N2O8S. The maximum Gasteiger partial charge on any atom is 0.338 e. The zero-order valence-corrected chi connectivity index (χ0v) is 19.3. The van der Waals surface area contributed by atoms with Gasteiger partial charge in [0.05, 0.1) is 28.9 Å². The van der Waals surface area contributed by atoms with Crippen LogP contribution in [0.15, 0.2) is 71.6 Å². The molecule has 2 N–H and O–H groups in total. The minimum atomic E-state index is -4.04. The van der Waals surface area contributed by atoms with Crippen molar-refractivity contribution in [3.8, 4) is 11.5 Å². The van der Waals surface area contributed by atoms with E-state index in [1.54, 1.807) is 24.3 Å². The first-order valence-corrected chi connectivity index (χ1v) is 11.8. The number of para-hydroxylation sites is 2. The number of ketones is 1. The van der Waals surface area contributed by atoms with Gasteiger partial charge in [0.15, 0.2) is 19.0 Å². The van der Waals surface area contributed by atoms with Gasteiger partial charge in [-0.25, -0.2) is 13.2 Å². The molecule has 0 unspecified atom stereocenters. The Bertz CT molecular complexity index is 1420. The monoisotopic (exact) mass is 496 g/mol. The van der Waals surface area contributed by atoms with Crippen molar-refractivity contribution < 1.29 is 37.0 Å². The summed E-state index contributed by atoms with van der Waals surface area (Å²) in [5, 5.41) is 2.60. The lowest BCUT2D eigenvalue weighted by Gasteiger charge is -2.18. The first-order chi connectivity index (χ1) is 16.8. The number of esters is 1. The molecule has 3 aromatic rings. The lowest BCUT2D eigenvalue weighted by atomic mass is 10.1. The quantitative estimate of drug-likeness (QED) is 0.359. The van der Waals surface area contributed by atoms with E-state index in [2.05, 4.69) is 10.0 Å². The molecule has 3 aromatic carbocycles. The van der Waals surface area contributed by atoms with E-state index >= 15 is 0 Å². The Kier molecular flexibility index (Phi) is 6.69. The summed E-state index contributed by atoms with van der Waals surface area (Å²) in [7, 11) is -2.62. The van der Waals surface area contributed by atoms with E-state index in [0.29, 0.717) is 17.2 Å². The van der Waals surface area contributed by atoms with Gasteiger partial charge in [-0.05, 0) is 48.5 Å². The molecule has 0 spiro atoms. The summed E-state index contributed by atoms with van der Waals surface area (Å²) in [6, 6.07) is 16.2. The molecular weight excluding hydrogens is 476 g/mol. The summed E-state index contributed by atoms with van der Waals surface area (Å²) >= 11 is 0. The van der Waals surface area contributed by atoms with Gasteiger partial charge in [-0.2, -0.15) is 0 Å². The van der Waals surface area contributed by atoms with Crippen molar-refractivity contribution in [2.45, 2.75) is 4.90 Å². The number of sulfonamides is 1. The van der Waals surface area contributed by atoms with Crippen LogP contribution in [0.1, 0.15) is 20.7 Å². The number of rotatable bonds is 8. The SMILES string of the molecule is COc1ccccc1NS(=O)(=O)c1cccc(C(=O)OCC(=O)c2ccc3c(c2)NC(=O)CO3)c1. The van der Waals surface area contributed by atoms with Crippen LogP contribution in [0.5, 0.6) is 11.5 Å². The van der Waals surface area contributed by atoms with Gasteiger partial charge in [-0.15, -0.1) is 0 Å². The fraction of sp³-hybridized carbons (Fsp3) is 0.125. The predicted molar refractivity (Wildman–Crippen MR) is 125 cm³/mol. The van der Waals surface area contributed by atoms with E-state index < -0.39 is 28.4 Å². The second-order valence-corrected chi connectivity index (χ2v) is 9.06. The number of nitrogens with one attached hydrogen (secondary N) is 2. The Morgan fingerprint density at radius 2 is 1.83 bits per heavy atom. The molecule has 1 aliphatic rings. The van der Waals surface area contributed by atoms with Gasteiger partial charge in [-0.3, -0.25) is 14.3 Å². The number of amides is 1. The predicted octanol–water partition coefficient (Wildman–Crippen LogP) is 2.87. The first-order valence-electron chi connectivity index (χ1n) is 10.3. The summed E-state index contributed by atoms with van der Waals surface area (Å²) in [6.07, 6.45) is 0. The van der Waals surface area contributed by atoms with Crippen LogP contribution >= 0.6 is 0 Å². The highest BCUT2D eigenvalue weighted by Gasteiger charge is 2.21. The number of hydrogen-bond acceptors (Lipinski definition) is 8. The van der Waals surface area contributed by atoms with Crippen LogP contribution in [0.2, 0.25) is 0 Å². The summed E-state index contributed by atoms with van der Waals surface area (Å²) in [4.78, 5) is 36.3. The Morgan fingerprint density at radius 3 is 2.63 bits per heavy atom. The number of ether oxygens (including phenoxy) is 3. The maximum absolute atomic E-state index is 12.8. The molecule has 0 radical (unpaired) electrons. The average molecular weight is 496 g/mol. The molecule has 180 valence electrons. The molecule has 1 amide bonds. The van der Waals surface area contributed by atoms with Gasteiger partial charge in [0.1, 0.15) is 11.5 Å². The van der Waals surface area contributed by atoms with Crippen molar-refractivity contribution in [1.82, 2.24) is 0 Å². The third-order valence-corrected chi connectivity index (χ3v) is 6.36. The van der Waals surface area contributed by atoms with Crippen molar-refractivity contribution in [3.63, 3.8) is 0 Å². The molecule has 0 saturated carbocycles. The average Bonchev–Trinajstić information content (AvgIpc) is 2.86. The number of Topliss-reactive ketones (excluding diaryl/α,β-unsaturated/α-hetero) is 1. The molecule has 4 rings (SSSR count). The zero-order valence-electron chi connectivity index (χ0n) is 18.4. The zero-order chi connectivity index (χ0) is 25.0. The normalized spacial score (nSPS) is 12.5. The highest BCUT2D eigenvalue weighted by molar-refractivity contribution is 7.92. The number of fused-ring (bicyclic) bond motifs is 1. The molecule has 0 bridgehead atoms. The first kappa shape index (κ1) is 23.8. The number of carbonyl (C=O) groups is 3. The third-order valence-electron chi connectivity index (χ3n) is 5.00. The number of hydrogen-bond donors (Lipinski definition) is 2. The second kappa shape index (κ2) is 9.85. The third kappa shape index (κ3) is 5.41. The van der Waals surface area contributed by atoms with E-state index in [1.165, 1.54) is 43.5 Å². The van der Waals surface area contributed by atoms with E-state index in [1.807, 2.05) is 0 Å². The molecule has 0 aromatic heterocycles. The van der Waals surface area contributed by atoms with Gasteiger partial charge < -0.3 is 19.5 Å². The van der Waals surface area contributed by atoms with Crippen LogP contribution in [-0.2, 0) is 19.6 Å². The number of methoxy groups -OCH3 is 1. The Morgan fingerprint density at radius 1 is 1.03 bits per heavy atom. The fourth-order valence-corrected chi connectivity index (χ4v) is 4.39. The Balaban J connectivity index is 1.44. The Labute approximate surface area is 200 Å². The van der Waals surface area contributed by atoms with Gasteiger partial charge in [-0.1, -0.05) is 18.2 Å². The molecule has 11 heteroatoms. The molecule has 0 aliphatic carbocycles. The topological polar surface area (TPSA) is 137 Å². The summed E-state index contributed by atoms with van der Waals surface area (Å²) < 4.78 is 43.6. The molecule has 1 aliphatic heterocycles. The van der Waals surface area contributed by atoms with Crippen molar-refractivity contribution in [2.75, 3.05) is 30.4 Å². The van der Waals surface area contributed by atoms with Gasteiger partial charge >= 0.3 is 5.97 Å². The van der Waals surface area contributed by atoms with E-state index in [-0.39, 0.29) is 34.2 Å². The lowest BCUT2D eigenvalue weighted by molar-refractivity contribution is -0.118.